The summed E-state index contributed by atoms with van der Waals surface area (Å²) in [4.78, 5) is 21.9. The third kappa shape index (κ3) is 4.96. The Morgan fingerprint density at radius 3 is 2.59 bits per heavy atom. The maximum Gasteiger partial charge on any atom is 0.263 e. The highest BCUT2D eigenvalue weighted by molar-refractivity contribution is 7.17. The van der Waals surface area contributed by atoms with E-state index in [0.29, 0.717) is 38.0 Å². The first kappa shape index (κ1) is 20.9. The van der Waals surface area contributed by atoms with Crippen LogP contribution in [0.1, 0.15) is 33.9 Å². The lowest BCUT2D eigenvalue weighted by Crippen LogP contribution is -2.26. The van der Waals surface area contributed by atoms with Gasteiger partial charge in [0.25, 0.3) is 5.91 Å². The molecule has 9 heteroatoms. The van der Waals surface area contributed by atoms with Crippen LogP contribution in [0.25, 0.3) is 0 Å². The van der Waals surface area contributed by atoms with Crippen LogP contribution in [0.5, 0.6) is 11.5 Å². The third-order valence-corrected chi connectivity index (χ3v) is 5.52. The molecule has 152 valence electrons. The summed E-state index contributed by atoms with van der Waals surface area (Å²) in [7, 11) is 3.16. The van der Waals surface area contributed by atoms with E-state index in [1.807, 2.05) is 25.1 Å². The molecule has 7 nitrogen and oxygen atoms in total. The van der Waals surface area contributed by atoms with Crippen LogP contribution < -0.4 is 20.1 Å². The molecule has 29 heavy (non-hydrogen) atoms. The number of nitrogens with zero attached hydrogens (tertiary/aromatic N) is 2. The fraction of sp³-hybridized carbons (Fsp3) is 0.250. The number of hydrogen-bond acceptors (Lipinski definition) is 7. The van der Waals surface area contributed by atoms with Gasteiger partial charge in [-0.1, -0.05) is 29.0 Å². The Morgan fingerprint density at radius 2 is 1.93 bits per heavy atom. The molecule has 1 atom stereocenters. The van der Waals surface area contributed by atoms with Crippen LogP contribution in [0.3, 0.4) is 0 Å². The van der Waals surface area contributed by atoms with Gasteiger partial charge in [0.1, 0.15) is 10.7 Å². The second-order valence-corrected chi connectivity index (χ2v) is 7.67. The second-order valence-electron chi connectivity index (χ2n) is 6.23. The zero-order valence-electron chi connectivity index (χ0n) is 16.4. The van der Waals surface area contributed by atoms with E-state index in [1.165, 1.54) is 11.3 Å². The van der Waals surface area contributed by atoms with Crippen LogP contribution in [-0.2, 0) is 0 Å². The third-order valence-electron chi connectivity index (χ3n) is 4.22. The number of carbonyl (C=O) groups excluding carboxylic acids is 1. The van der Waals surface area contributed by atoms with Gasteiger partial charge in [0.15, 0.2) is 16.6 Å². The average molecular weight is 433 g/mol. The molecule has 3 aromatic rings. The van der Waals surface area contributed by atoms with Crippen molar-refractivity contribution in [2.24, 2.45) is 0 Å². The van der Waals surface area contributed by atoms with Gasteiger partial charge >= 0.3 is 0 Å². The van der Waals surface area contributed by atoms with E-state index in [0.717, 1.165) is 5.56 Å². The molecule has 2 aromatic heterocycles. The number of pyridine rings is 1. The van der Waals surface area contributed by atoms with Crippen LogP contribution >= 0.6 is 22.9 Å². The number of nitrogens with one attached hydrogen (secondary N) is 2. The summed E-state index contributed by atoms with van der Waals surface area (Å²) < 4.78 is 10.6. The number of hydrogen-bond donors (Lipinski definition) is 2. The molecular weight excluding hydrogens is 412 g/mol. The van der Waals surface area contributed by atoms with Crippen molar-refractivity contribution in [3.05, 3.63) is 57.7 Å². The van der Waals surface area contributed by atoms with E-state index >= 15 is 0 Å². The van der Waals surface area contributed by atoms with E-state index in [-0.39, 0.29) is 11.9 Å². The number of rotatable bonds is 7. The lowest BCUT2D eigenvalue weighted by molar-refractivity contribution is 0.0943. The first-order chi connectivity index (χ1) is 13.9. The number of anilines is 2. The maximum absolute atomic E-state index is 12.8. The molecule has 0 saturated heterocycles. The largest absolute Gasteiger partial charge is 0.493 e. The number of aryl methyl sites for hydroxylation is 1. The van der Waals surface area contributed by atoms with Crippen molar-refractivity contribution in [2.45, 2.75) is 19.9 Å². The second kappa shape index (κ2) is 9.11. The van der Waals surface area contributed by atoms with Gasteiger partial charge in [-0.15, -0.1) is 0 Å². The molecule has 0 aliphatic carbocycles. The number of amides is 1. The first-order valence-electron chi connectivity index (χ1n) is 8.80. The fourth-order valence-corrected chi connectivity index (χ4v) is 3.68. The number of halogens is 1. The number of aromatic nitrogens is 2. The molecular formula is C20H21ClN4O3S. The van der Waals surface area contributed by atoms with Crippen LogP contribution in [-0.4, -0.2) is 30.1 Å². The van der Waals surface area contributed by atoms with Crippen molar-refractivity contribution in [1.82, 2.24) is 15.3 Å². The minimum Gasteiger partial charge on any atom is -0.493 e. The van der Waals surface area contributed by atoms with E-state index in [9.17, 15) is 4.79 Å². The minimum absolute atomic E-state index is 0.195. The molecule has 2 heterocycles. The number of methoxy groups -OCH3 is 2. The monoisotopic (exact) mass is 432 g/mol. The van der Waals surface area contributed by atoms with Crippen molar-refractivity contribution < 1.29 is 14.3 Å². The smallest absolute Gasteiger partial charge is 0.263 e. The van der Waals surface area contributed by atoms with Gasteiger partial charge in [0.2, 0.25) is 0 Å². The average Bonchev–Trinajstić information content (AvgIpc) is 3.09. The Kier molecular flexibility index (Phi) is 6.56. The minimum atomic E-state index is -0.224. The highest BCUT2D eigenvalue weighted by Gasteiger charge is 2.19. The highest BCUT2D eigenvalue weighted by atomic mass is 35.5. The summed E-state index contributed by atoms with van der Waals surface area (Å²) in [5.74, 6) is 1.66. The van der Waals surface area contributed by atoms with Gasteiger partial charge in [0.05, 0.1) is 31.0 Å². The molecule has 0 radical (unpaired) electrons. The fourth-order valence-electron chi connectivity index (χ4n) is 2.69. The number of thiazole rings is 1. The molecule has 0 bridgehead atoms. The van der Waals surface area contributed by atoms with Crippen LogP contribution in [0.15, 0.2) is 36.5 Å². The summed E-state index contributed by atoms with van der Waals surface area (Å²) in [5.41, 5.74) is 1.55. The van der Waals surface area contributed by atoms with E-state index < -0.39 is 0 Å². The van der Waals surface area contributed by atoms with Crippen molar-refractivity contribution in [1.29, 1.82) is 0 Å². The molecule has 0 fully saturated rings. The zero-order valence-corrected chi connectivity index (χ0v) is 18.0. The Bertz CT molecular complexity index is 1010. The zero-order chi connectivity index (χ0) is 21.0. The summed E-state index contributed by atoms with van der Waals surface area (Å²) in [5, 5.41) is 7.22. The molecule has 3 rings (SSSR count). The maximum atomic E-state index is 12.8. The predicted molar refractivity (Wildman–Crippen MR) is 115 cm³/mol. The normalized spacial score (nSPS) is 11.6. The van der Waals surface area contributed by atoms with Gasteiger partial charge in [-0.2, -0.15) is 0 Å². The standard InChI is InChI=1S/C20H21ClN4O3S/c1-11(13-5-7-15(27-3)16(9-13)28-4)23-19(26)18-12(2)24-20(29-18)25-17-8-6-14(21)10-22-17/h5-11H,1-4H3,(H,23,26)(H,22,24,25). The van der Waals surface area contributed by atoms with Crippen LogP contribution in [0.4, 0.5) is 10.9 Å². The van der Waals surface area contributed by atoms with Crippen LogP contribution in [0, 0.1) is 6.92 Å². The molecule has 0 saturated carbocycles. The van der Waals surface area contributed by atoms with Gasteiger partial charge < -0.3 is 20.1 Å². The van der Waals surface area contributed by atoms with Gasteiger partial charge in [-0.3, -0.25) is 4.79 Å². The number of carbonyl (C=O) groups is 1. The molecule has 1 aromatic carbocycles. The Balaban J connectivity index is 1.72. The van der Waals surface area contributed by atoms with Crippen molar-refractivity contribution in [3.63, 3.8) is 0 Å². The number of ether oxygens (including phenoxy) is 2. The Labute approximate surface area is 178 Å². The van der Waals surface area contributed by atoms with Crippen LogP contribution in [0.2, 0.25) is 5.02 Å². The SMILES string of the molecule is COc1ccc(C(C)NC(=O)c2sc(Nc3ccc(Cl)cn3)nc2C)cc1OC. The van der Waals surface area contributed by atoms with Gasteiger partial charge in [0, 0.05) is 6.20 Å². The first-order valence-corrected chi connectivity index (χ1v) is 9.99. The number of benzene rings is 1. The molecule has 0 spiro atoms. The molecule has 1 unspecified atom stereocenters. The van der Waals surface area contributed by atoms with Gasteiger partial charge in [-0.25, -0.2) is 9.97 Å². The highest BCUT2D eigenvalue weighted by Crippen LogP contribution is 2.31. The predicted octanol–water partition coefficient (Wildman–Crippen LogP) is 4.75. The summed E-state index contributed by atoms with van der Waals surface area (Å²) in [6, 6.07) is 8.81. The summed E-state index contributed by atoms with van der Waals surface area (Å²) >= 11 is 7.11. The molecule has 0 aliphatic rings. The molecule has 0 aliphatic heterocycles. The van der Waals surface area contributed by atoms with Crippen molar-refractivity contribution in [2.75, 3.05) is 19.5 Å². The Morgan fingerprint density at radius 1 is 1.17 bits per heavy atom. The topological polar surface area (TPSA) is 85.4 Å². The molecule has 1 amide bonds. The van der Waals surface area contributed by atoms with E-state index in [4.69, 9.17) is 21.1 Å². The Hall–Kier alpha value is -2.84. The lowest BCUT2D eigenvalue weighted by Gasteiger charge is -2.16. The van der Waals surface area contributed by atoms with Crippen molar-refractivity contribution >= 4 is 39.8 Å². The lowest BCUT2D eigenvalue weighted by atomic mass is 10.1. The summed E-state index contributed by atoms with van der Waals surface area (Å²) in [6.07, 6.45) is 1.54. The van der Waals surface area contributed by atoms with Crippen molar-refractivity contribution in [3.8, 4) is 11.5 Å². The summed E-state index contributed by atoms with van der Waals surface area (Å²) in [6.45, 7) is 3.71. The van der Waals surface area contributed by atoms with E-state index in [2.05, 4.69) is 20.6 Å². The van der Waals surface area contributed by atoms with E-state index in [1.54, 1.807) is 39.5 Å². The quantitative estimate of drug-likeness (QED) is 0.560. The molecule has 2 N–H and O–H groups in total. The van der Waals surface area contributed by atoms with Gasteiger partial charge in [-0.05, 0) is 43.7 Å².